The van der Waals surface area contributed by atoms with E-state index in [1.165, 1.54) is 18.2 Å². The first kappa shape index (κ1) is 24.6. The molecule has 0 unspecified atom stereocenters. The molecule has 0 aromatic heterocycles. The van der Waals surface area contributed by atoms with E-state index in [4.69, 9.17) is 15.3 Å². The zero-order valence-electron chi connectivity index (χ0n) is 14.6. The second-order valence-corrected chi connectivity index (χ2v) is 5.03. The van der Waals surface area contributed by atoms with Gasteiger partial charge in [0.15, 0.2) is 18.9 Å². The molecule has 3 aromatic carbocycles. The van der Waals surface area contributed by atoms with E-state index in [-0.39, 0.29) is 34.6 Å². The molecular weight excluding hydrogens is 400 g/mol. The summed E-state index contributed by atoms with van der Waals surface area (Å²) < 4.78 is 0. The molecule has 0 bridgehead atoms. The van der Waals surface area contributed by atoms with Gasteiger partial charge in [0.05, 0.1) is 16.7 Å². The van der Waals surface area contributed by atoms with Crippen molar-refractivity contribution in [1.82, 2.24) is 0 Å². The molecule has 28 heavy (non-hydrogen) atoms. The Hall–Kier alpha value is -3.40. The fourth-order valence-corrected chi connectivity index (χ4v) is 1.76. The van der Waals surface area contributed by atoms with E-state index in [0.717, 1.165) is 0 Å². The Bertz CT molecular complexity index is 778. The smallest absolute Gasteiger partial charge is 0.153 e. The molecule has 0 aliphatic heterocycles. The van der Waals surface area contributed by atoms with Gasteiger partial charge in [-0.25, -0.2) is 0 Å². The van der Waals surface area contributed by atoms with Gasteiger partial charge in [0, 0.05) is 17.4 Å². The number of phenols is 3. The molecule has 3 rings (SSSR count). The topological polar surface area (TPSA) is 112 Å². The molecule has 0 saturated carbocycles. The van der Waals surface area contributed by atoms with Gasteiger partial charge >= 0.3 is 0 Å². The van der Waals surface area contributed by atoms with E-state index in [2.05, 4.69) is 0 Å². The van der Waals surface area contributed by atoms with Crippen LogP contribution in [-0.2, 0) is 17.4 Å². The number of aromatic hydroxyl groups is 3. The van der Waals surface area contributed by atoms with Crippen molar-refractivity contribution in [3.05, 3.63) is 89.5 Å². The van der Waals surface area contributed by atoms with E-state index in [0.29, 0.717) is 35.5 Å². The third kappa shape index (κ3) is 8.32. The van der Waals surface area contributed by atoms with Crippen molar-refractivity contribution in [2.24, 2.45) is 0 Å². The molecule has 0 fully saturated rings. The summed E-state index contributed by atoms with van der Waals surface area (Å²) in [6.07, 6.45) is 1.86. The Morgan fingerprint density at radius 1 is 0.464 bits per heavy atom. The molecule has 0 saturated heterocycles. The van der Waals surface area contributed by atoms with E-state index < -0.39 is 0 Å². The maximum absolute atomic E-state index is 10.1. The van der Waals surface area contributed by atoms with Gasteiger partial charge in [-0.2, -0.15) is 0 Å². The minimum Gasteiger partial charge on any atom is -0.507 e. The van der Waals surface area contributed by atoms with E-state index in [1.807, 2.05) is 0 Å². The van der Waals surface area contributed by atoms with Crippen LogP contribution in [0.4, 0.5) is 0 Å². The fraction of sp³-hybridized carbons (Fsp3) is 0. The molecule has 0 spiro atoms. The van der Waals surface area contributed by atoms with Crippen LogP contribution in [0.5, 0.6) is 17.2 Å². The largest absolute Gasteiger partial charge is 0.507 e. The van der Waals surface area contributed by atoms with Crippen LogP contribution < -0.4 is 0 Å². The number of benzene rings is 3. The van der Waals surface area contributed by atoms with Crippen LogP contribution in [0.2, 0.25) is 0 Å². The van der Waals surface area contributed by atoms with Crippen LogP contribution in [0.25, 0.3) is 0 Å². The second-order valence-electron chi connectivity index (χ2n) is 5.03. The molecule has 0 aliphatic carbocycles. The molecule has 3 N–H and O–H groups in total. The van der Waals surface area contributed by atoms with Crippen LogP contribution in [0, 0.1) is 0 Å². The maximum atomic E-state index is 10.1. The van der Waals surface area contributed by atoms with Gasteiger partial charge in [0.2, 0.25) is 0 Å². The Kier molecular flexibility index (Phi) is 12.1. The summed E-state index contributed by atoms with van der Waals surface area (Å²) in [5, 5.41) is 26.6. The summed E-state index contributed by atoms with van der Waals surface area (Å²) >= 11 is 0. The molecule has 0 heterocycles. The first-order valence-electron chi connectivity index (χ1n) is 7.73. The summed E-state index contributed by atoms with van der Waals surface area (Å²) in [6.45, 7) is 0. The number of aldehydes is 3. The van der Waals surface area contributed by atoms with Crippen molar-refractivity contribution in [2.75, 3.05) is 0 Å². The Labute approximate surface area is 172 Å². The number of hydrogen-bond acceptors (Lipinski definition) is 6. The molecule has 6 nitrogen and oxygen atoms in total. The Balaban J connectivity index is 0.000000384. The molecule has 7 heteroatoms. The number of carbonyl (C=O) groups excluding carboxylic acids is 3. The van der Waals surface area contributed by atoms with Gasteiger partial charge in [0.1, 0.15) is 17.2 Å². The molecular formula is C21H18CrO6. The van der Waals surface area contributed by atoms with Gasteiger partial charge in [-0.15, -0.1) is 0 Å². The van der Waals surface area contributed by atoms with E-state index >= 15 is 0 Å². The van der Waals surface area contributed by atoms with Crippen molar-refractivity contribution in [2.45, 2.75) is 0 Å². The van der Waals surface area contributed by atoms with Crippen molar-refractivity contribution in [1.29, 1.82) is 0 Å². The quantitative estimate of drug-likeness (QED) is 0.561. The number of rotatable bonds is 3. The van der Waals surface area contributed by atoms with Gasteiger partial charge < -0.3 is 15.3 Å². The number of carbonyl (C=O) groups is 3. The first-order valence-corrected chi connectivity index (χ1v) is 7.73. The first-order chi connectivity index (χ1) is 13.0. The molecule has 0 atom stereocenters. The predicted molar refractivity (Wildman–Crippen MR) is 100 cm³/mol. The van der Waals surface area contributed by atoms with Crippen LogP contribution in [0.15, 0.2) is 72.8 Å². The van der Waals surface area contributed by atoms with Crippen LogP contribution in [0.3, 0.4) is 0 Å². The fourth-order valence-electron chi connectivity index (χ4n) is 1.76. The molecule has 144 valence electrons. The summed E-state index contributed by atoms with van der Waals surface area (Å²) in [5.74, 6) is 0.104. The van der Waals surface area contributed by atoms with E-state index in [1.54, 1.807) is 54.6 Å². The van der Waals surface area contributed by atoms with Gasteiger partial charge in [-0.05, 0) is 36.4 Å². The molecule has 3 aromatic rings. The molecule has 0 amide bonds. The normalized spacial score (nSPS) is 8.57. The van der Waals surface area contributed by atoms with Crippen molar-refractivity contribution in [3.8, 4) is 17.2 Å². The van der Waals surface area contributed by atoms with Crippen LogP contribution >= 0.6 is 0 Å². The summed E-state index contributed by atoms with van der Waals surface area (Å²) in [7, 11) is 0. The molecule has 0 aliphatic rings. The SMILES string of the molecule is O=Cc1ccccc1O.O=Cc1ccccc1O.O=Cc1ccccc1O.[Cr]. The predicted octanol–water partition coefficient (Wildman–Crippen LogP) is 3.61. The van der Waals surface area contributed by atoms with Crippen molar-refractivity contribution in [3.63, 3.8) is 0 Å². The Morgan fingerprint density at radius 3 is 0.821 bits per heavy atom. The summed E-state index contributed by atoms with van der Waals surface area (Å²) in [6, 6.07) is 19.2. The van der Waals surface area contributed by atoms with Gasteiger partial charge in [-0.3, -0.25) is 14.4 Å². The van der Waals surface area contributed by atoms with Crippen molar-refractivity contribution >= 4 is 18.9 Å². The standard InChI is InChI=1S/3C7H6O2.Cr/c3*8-5-6-3-1-2-4-7(6)9;/h3*1-5,9H;. The minimum absolute atomic E-state index is 0. The average Bonchev–Trinajstić information content (AvgIpc) is 2.70. The monoisotopic (exact) mass is 418 g/mol. The zero-order chi connectivity index (χ0) is 20.1. The third-order valence-corrected chi connectivity index (χ3v) is 3.19. The number of phenolic OH excluding ortho intramolecular Hbond substituents is 3. The van der Waals surface area contributed by atoms with Crippen molar-refractivity contribution < 1.29 is 47.1 Å². The number of hydrogen-bond donors (Lipinski definition) is 3. The van der Waals surface area contributed by atoms with Gasteiger partial charge in [-0.1, -0.05) is 36.4 Å². The average molecular weight is 418 g/mol. The summed E-state index contributed by atoms with van der Waals surface area (Å²) in [4.78, 5) is 30.2. The second kappa shape index (κ2) is 13.8. The zero-order valence-corrected chi connectivity index (χ0v) is 15.9. The van der Waals surface area contributed by atoms with Crippen LogP contribution in [0.1, 0.15) is 31.1 Å². The molecule has 0 radical (unpaired) electrons. The van der Waals surface area contributed by atoms with E-state index in [9.17, 15) is 14.4 Å². The minimum atomic E-state index is 0. The van der Waals surface area contributed by atoms with Crippen LogP contribution in [-0.4, -0.2) is 34.2 Å². The third-order valence-electron chi connectivity index (χ3n) is 3.19. The maximum Gasteiger partial charge on any atom is 0.153 e. The van der Waals surface area contributed by atoms with Gasteiger partial charge in [0.25, 0.3) is 0 Å². The Morgan fingerprint density at radius 2 is 0.679 bits per heavy atom. The number of para-hydroxylation sites is 3. The summed E-state index contributed by atoms with van der Waals surface area (Å²) in [5.41, 5.74) is 0.993.